The molecular weight excluding hydrogens is 262 g/mol. The monoisotopic (exact) mass is 262 g/mol. The van der Waals surface area contributed by atoms with Crippen molar-refractivity contribution >= 4 is 10.4 Å². The van der Waals surface area contributed by atoms with E-state index in [-0.39, 0.29) is 0 Å². The molecule has 0 saturated carbocycles. The minimum absolute atomic E-state index is 1.87. The van der Waals surface area contributed by atoms with Crippen LogP contribution in [0.5, 0.6) is 0 Å². The summed E-state index contributed by atoms with van der Waals surface area (Å²) in [4.78, 5) is 0. The van der Waals surface area contributed by atoms with Crippen LogP contribution in [0.25, 0.3) is 0 Å². The fraction of sp³-hybridized carbons (Fsp3) is 1.00. The van der Waals surface area contributed by atoms with Gasteiger partial charge in [0.25, 0.3) is 0 Å². The maximum Gasteiger partial charge on any atom is 0.439 e. The summed E-state index contributed by atoms with van der Waals surface area (Å²) in [7, 11) is -5.94. The molecule has 5 nitrogen and oxygen atoms in total. The first kappa shape index (κ1) is 12.5. The summed E-state index contributed by atoms with van der Waals surface area (Å²) in [5.41, 5.74) is 0. The Morgan fingerprint density at radius 3 is 1.87 bits per heavy atom. The van der Waals surface area contributed by atoms with Gasteiger partial charge in [0.05, 0.1) is 0 Å². The van der Waals surface area contributed by atoms with E-state index in [0.717, 1.165) is 0 Å². The molecule has 0 bridgehead atoms. The summed E-state index contributed by atoms with van der Waals surface area (Å²) in [5, 5.41) is 0. The maximum absolute atomic E-state index is 12.4. The van der Waals surface area contributed by atoms with Crippen LogP contribution < -0.4 is 0 Å². The minimum atomic E-state index is -5.94. The van der Waals surface area contributed by atoms with Crippen LogP contribution in [-0.4, -0.2) is 26.5 Å². The predicted molar refractivity (Wildman–Crippen MR) is 27.0 cm³/mol. The summed E-state index contributed by atoms with van der Waals surface area (Å²) in [6, 6.07) is 0. The van der Waals surface area contributed by atoms with E-state index >= 15 is 0 Å². The molecule has 0 amide bonds. The highest BCUT2D eigenvalue weighted by atomic mass is 32.3. The van der Waals surface area contributed by atoms with Crippen molar-refractivity contribution in [1.82, 2.24) is 0 Å². The molecule has 1 aliphatic heterocycles. The van der Waals surface area contributed by atoms with Gasteiger partial charge in [-0.2, -0.15) is 34.6 Å². The Kier molecular flexibility index (Phi) is 2.46. The second-order valence-corrected chi connectivity index (χ2v) is 3.39. The highest BCUT2D eigenvalue weighted by molar-refractivity contribution is 7.81. The molecule has 0 aromatic carbocycles. The van der Waals surface area contributed by atoms with Crippen molar-refractivity contribution in [2.75, 3.05) is 0 Å². The molecule has 0 aromatic heterocycles. The molecule has 1 unspecified atom stereocenters. The first-order chi connectivity index (χ1) is 6.47. The van der Waals surface area contributed by atoms with E-state index in [0.29, 0.717) is 0 Å². The normalized spacial score (nSPS) is 30.3. The van der Waals surface area contributed by atoms with Crippen molar-refractivity contribution in [2.24, 2.45) is 0 Å². The average molecular weight is 262 g/mol. The largest absolute Gasteiger partial charge is 0.439 e. The van der Waals surface area contributed by atoms with Gasteiger partial charge < -0.3 is 0 Å². The topological polar surface area (TPSA) is 65.1 Å². The van der Waals surface area contributed by atoms with Crippen LogP contribution in [0, 0.1) is 0 Å². The minimum Gasteiger partial charge on any atom is -0.263 e. The summed E-state index contributed by atoms with van der Waals surface area (Å²) < 4.78 is 98.6. The van der Waals surface area contributed by atoms with E-state index in [2.05, 4.69) is 8.92 Å². The average Bonchev–Trinajstić information content (AvgIpc) is 2.51. The number of rotatable bonds is 4. The quantitative estimate of drug-likeness (QED) is 0.559. The first-order valence-electron chi connectivity index (χ1n) is 2.88. The SMILES string of the molecule is O=S(=O)(OF)OC(F)(F)C1(F)OC1(F)F. The van der Waals surface area contributed by atoms with Gasteiger partial charge in [-0.05, 0) is 8.91 Å². The van der Waals surface area contributed by atoms with Crippen molar-refractivity contribution in [3.05, 3.63) is 0 Å². The van der Waals surface area contributed by atoms with E-state index in [4.69, 9.17) is 0 Å². The third-order valence-electron chi connectivity index (χ3n) is 1.26. The van der Waals surface area contributed by atoms with Crippen LogP contribution in [0.1, 0.15) is 0 Å². The number of ether oxygens (including phenoxy) is 1. The Labute approximate surface area is 77.7 Å². The van der Waals surface area contributed by atoms with Crippen LogP contribution in [0.3, 0.4) is 0 Å². The van der Waals surface area contributed by atoms with Gasteiger partial charge in [-0.15, -0.1) is 0 Å². The van der Waals surface area contributed by atoms with Gasteiger partial charge in [-0.25, -0.2) is 0 Å². The molecular formula is C3F6O5S. The van der Waals surface area contributed by atoms with E-state index in [9.17, 15) is 34.9 Å². The lowest BCUT2D eigenvalue weighted by Gasteiger charge is -2.14. The number of hydrogen-bond acceptors (Lipinski definition) is 5. The molecule has 0 N–H and O–H groups in total. The molecule has 1 aliphatic rings. The molecule has 12 heteroatoms. The molecule has 90 valence electrons. The van der Waals surface area contributed by atoms with Crippen molar-refractivity contribution in [3.63, 3.8) is 0 Å². The Balaban J connectivity index is 2.87. The molecule has 1 fully saturated rings. The van der Waals surface area contributed by atoms with Crippen LogP contribution >= 0.6 is 0 Å². The van der Waals surface area contributed by atoms with Crippen molar-refractivity contribution in [1.29, 1.82) is 0 Å². The third-order valence-corrected chi connectivity index (χ3v) is 1.83. The summed E-state index contributed by atoms with van der Waals surface area (Å²) in [6.45, 7) is 0. The summed E-state index contributed by atoms with van der Waals surface area (Å²) >= 11 is 0. The fourth-order valence-corrected chi connectivity index (χ4v) is 0.964. The number of hydrogen-bond donors (Lipinski definition) is 0. The Bertz CT molecular complexity index is 365. The molecule has 15 heavy (non-hydrogen) atoms. The molecule has 0 aromatic rings. The second kappa shape index (κ2) is 2.96. The molecule has 1 atom stereocenters. The highest BCUT2D eigenvalue weighted by Gasteiger charge is 2.90. The van der Waals surface area contributed by atoms with Gasteiger partial charge in [0.15, 0.2) is 0 Å². The second-order valence-electron chi connectivity index (χ2n) is 2.29. The van der Waals surface area contributed by atoms with Crippen molar-refractivity contribution < 1.29 is 48.2 Å². The molecule has 1 heterocycles. The lowest BCUT2D eigenvalue weighted by atomic mass is 10.4. The standard InChI is InChI=1S/C3F6O5S/c4-1(2(5,6)12-1)3(7,8)13-15(10,11)14-9. The predicted octanol–water partition coefficient (Wildman–Crippen LogP) is 1.03. The molecule has 0 radical (unpaired) electrons. The van der Waals surface area contributed by atoms with Gasteiger partial charge in [-0.1, -0.05) is 0 Å². The Hall–Kier alpha value is -0.590. The molecule has 1 rings (SSSR count). The Morgan fingerprint density at radius 1 is 1.20 bits per heavy atom. The summed E-state index contributed by atoms with van der Waals surface area (Å²) in [6.07, 6.45) is -10.6. The zero-order valence-corrected chi connectivity index (χ0v) is 7.03. The lowest BCUT2D eigenvalue weighted by Crippen LogP contribution is -2.41. The maximum atomic E-state index is 12.4. The first-order valence-corrected chi connectivity index (χ1v) is 4.21. The number of halogens is 6. The van der Waals surface area contributed by atoms with E-state index in [1.807, 2.05) is 4.39 Å². The van der Waals surface area contributed by atoms with E-state index in [1.165, 1.54) is 0 Å². The highest BCUT2D eigenvalue weighted by Crippen LogP contribution is 2.60. The van der Waals surface area contributed by atoms with E-state index in [1.54, 1.807) is 0 Å². The summed E-state index contributed by atoms with van der Waals surface area (Å²) in [5.74, 6) is -4.97. The fourth-order valence-electron chi connectivity index (χ4n) is 0.575. The molecule has 0 spiro atoms. The molecule has 0 aliphatic carbocycles. The van der Waals surface area contributed by atoms with Crippen LogP contribution in [0.2, 0.25) is 0 Å². The van der Waals surface area contributed by atoms with Crippen LogP contribution in [-0.2, 0) is 23.7 Å². The van der Waals surface area contributed by atoms with Crippen LogP contribution in [0.4, 0.5) is 26.5 Å². The zero-order chi connectivity index (χ0) is 12.1. The van der Waals surface area contributed by atoms with Crippen molar-refractivity contribution in [3.8, 4) is 0 Å². The zero-order valence-electron chi connectivity index (χ0n) is 6.22. The van der Waals surface area contributed by atoms with Crippen molar-refractivity contribution in [2.45, 2.75) is 18.1 Å². The Morgan fingerprint density at radius 2 is 1.60 bits per heavy atom. The van der Waals surface area contributed by atoms with Gasteiger partial charge in [-0.3, -0.25) is 4.74 Å². The van der Waals surface area contributed by atoms with Gasteiger partial charge in [0.2, 0.25) is 0 Å². The van der Waals surface area contributed by atoms with Gasteiger partial charge in [0, 0.05) is 0 Å². The lowest BCUT2D eigenvalue weighted by molar-refractivity contribution is -0.269. The smallest absolute Gasteiger partial charge is 0.263 e. The van der Waals surface area contributed by atoms with E-state index < -0.39 is 28.5 Å². The van der Waals surface area contributed by atoms with Gasteiger partial charge >= 0.3 is 28.5 Å². The molecule has 1 saturated heterocycles. The van der Waals surface area contributed by atoms with Gasteiger partial charge in [0.1, 0.15) is 0 Å². The third kappa shape index (κ3) is 1.89. The number of alkyl halides is 5. The van der Waals surface area contributed by atoms with Crippen LogP contribution in [0.15, 0.2) is 0 Å². The number of epoxide rings is 1.